The van der Waals surface area contributed by atoms with E-state index in [0.717, 1.165) is 13.2 Å². The molecule has 1 amide bonds. The van der Waals surface area contributed by atoms with Gasteiger partial charge >= 0.3 is 0 Å². The van der Waals surface area contributed by atoms with Gasteiger partial charge in [0.1, 0.15) is 6.54 Å². The number of hydrogen-bond donors (Lipinski definition) is 2. The van der Waals surface area contributed by atoms with Gasteiger partial charge in [-0.2, -0.15) is 5.26 Å². The van der Waals surface area contributed by atoms with Crippen molar-refractivity contribution in [2.45, 2.75) is 11.9 Å². The van der Waals surface area contributed by atoms with Crippen molar-refractivity contribution in [3.05, 3.63) is 0 Å². The topological polar surface area (TPSA) is 107 Å². The highest BCUT2D eigenvalue weighted by molar-refractivity contribution is 7.92. The summed E-state index contributed by atoms with van der Waals surface area (Å²) in [7, 11) is -3.90. The minimum atomic E-state index is -3.90. The summed E-state index contributed by atoms with van der Waals surface area (Å²) in [5, 5.41) is 19.3. The SMILES string of the molecule is CC(O)(C(=O)NCC#N)S(C)(=O)=O. The number of aliphatic hydroxyl groups is 1. The lowest BCUT2D eigenvalue weighted by atomic mass is 10.4. The van der Waals surface area contributed by atoms with Crippen molar-refractivity contribution >= 4 is 15.7 Å². The second kappa shape index (κ2) is 3.72. The minimum absolute atomic E-state index is 0.343. The molecule has 0 heterocycles. The molecule has 0 bridgehead atoms. The lowest BCUT2D eigenvalue weighted by molar-refractivity contribution is -0.130. The second-order valence-electron chi connectivity index (χ2n) is 2.60. The Morgan fingerprint density at radius 2 is 2.15 bits per heavy atom. The molecule has 1 unspecified atom stereocenters. The van der Waals surface area contributed by atoms with Gasteiger partial charge in [0.2, 0.25) is 4.93 Å². The van der Waals surface area contributed by atoms with E-state index in [0.29, 0.717) is 0 Å². The van der Waals surface area contributed by atoms with Crippen LogP contribution >= 0.6 is 0 Å². The van der Waals surface area contributed by atoms with Crippen molar-refractivity contribution in [1.82, 2.24) is 5.32 Å². The first-order chi connectivity index (χ1) is 5.73. The van der Waals surface area contributed by atoms with Crippen LogP contribution in [0.2, 0.25) is 0 Å². The largest absolute Gasteiger partial charge is 0.367 e. The van der Waals surface area contributed by atoms with E-state index in [-0.39, 0.29) is 6.54 Å². The van der Waals surface area contributed by atoms with E-state index in [1.807, 2.05) is 5.32 Å². The normalized spacial score (nSPS) is 15.5. The van der Waals surface area contributed by atoms with Gasteiger partial charge in [-0.3, -0.25) is 4.79 Å². The first-order valence-electron chi connectivity index (χ1n) is 3.30. The lowest BCUT2D eigenvalue weighted by Crippen LogP contribution is -2.49. The third kappa shape index (κ3) is 2.68. The molecule has 0 aromatic rings. The summed E-state index contributed by atoms with van der Waals surface area (Å²) >= 11 is 0. The molecule has 0 saturated heterocycles. The molecule has 0 aliphatic rings. The Labute approximate surface area is 76.1 Å². The summed E-state index contributed by atoms with van der Waals surface area (Å²) in [4.78, 5) is 8.50. The van der Waals surface area contributed by atoms with Gasteiger partial charge in [0.25, 0.3) is 5.91 Å². The molecule has 0 aromatic heterocycles. The van der Waals surface area contributed by atoms with Crippen molar-refractivity contribution in [3.63, 3.8) is 0 Å². The average Bonchev–Trinajstić information content (AvgIpc) is 1.97. The Hall–Kier alpha value is -1.13. The van der Waals surface area contributed by atoms with E-state index in [2.05, 4.69) is 0 Å². The molecule has 74 valence electrons. The summed E-state index contributed by atoms with van der Waals surface area (Å²) < 4.78 is 21.7. The molecule has 0 radical (unpaired) electrons. The van der Waals surface area contributed by atoms with Crippen LogP contribution in [-0.4, -0.2) is 37.2 Å². The predicted molar refractivity (Wildman–Crippen MR) is 44.1 cm³/mol. The summed E-state index contributed by atoms with van der Waals surface area (Å²) in [5.41, 5.74) is 0. The number of nitrogens with one attached hydrogen (secondary N) is 1. The van der Waals surface area contributed by atoms with Crippen molar-refractivity contribution in [2.24, 2.45) is 0 Å². The van der Waals surface area contributed by atoms with Crippen LogP contribution in [-0.2, 0) is 14.6 Å². The summed E-state index contributed by atoms with van der Waals surface area (Å²) in [6.07, 6.45) is 0.735. The molecule has 1 atom stereocenters. The average molecular weight is 206 g/mol. The van der Waals surface area contributed by atoms with Gasteiger partial charge in [0.05, 0.1) is 6.07 Å². The van der Waals surface area contributed by atoms with Gasteiger partial charge < -0.3 is 10.4 Å². The Bertz CT molecular complexity index is 338. The molecule has 0 fully saturated rings. The fourth-order valence-corrected chi connectivity index (χ4v) is 0.861. The van der Waals surface area contributed by atoms with Gasteiger partial charge in [-0.05, 0) is 6.92 Å². The van der Waals surface area contributed by atoms with E-state index in [1.54, 1.807) is 6.07 Å². The van der Waals surface area contributed by atoms with Crippen molar-refractivity contribution in [3.8, 4) is 6.07 Å². The summed E-state index contributed by atoms with van der Waals surface area (Å²) in [6.45, 7) is 0.513. The van der Waals surface area contributed by atoms with Crippen LogP contribution in [0.3, 0.4) is 0 Å². The van der Waals surface area contributed by atoms with Crippen LogP contribution in [0.25, 0.3) is 0 Å². The molecule has 2 N–H and O–H groups in total. The summed E-state index contributed by atoms with van der Waals surface area (Å²) in [5.74, 6) is -1.10. The van der Waals surface area contributed by atoms with Crippen LogP contribution in [0, 0.1) is 11.3 Å². The molecule has 0 saturated carbocycles. The molecular weight excluding hydrogens is 196 g/mol. The quantitative estimate of drug-likeness (QED) is 0.539. The lowest BCUT2D eigenvalue weighted by Gasteiger charge is -2.18. The number of carbonyl (C=O) groups excluding carboxylic acids is 1. The van der Waals surface area contributed by atoms with Crippen LogP contribution in [0.15, 0.2) is 0 Å². The van der Waals surface area contributed by atoms with Crippen molar-refractivity contribution in [1.29, 1.82) is 5.26 Å². The van der Waals surface area contributed by atoms with Crippen molar-refractivity contribution < 1.29 is 18.3 Å². The zero-order chi connectivity index (χ0) is 10.7. The van der Waals surface area contributed by atoms with Gasteiger partial charge in [-0.25, -0.2) is 8.42 Å². The highest BCUT2D eigenvalue weighted by Gasteiger charge is 2.40. The highest BCUT2D eigenvalue weighted by Crippen LogP contribution is 2.11. The number of amides is 1. The fraction of sp³-hybridized carbons (Fsp3) is 0.667. The molecule has 7 heteroatoms. The monoisotopic (exact) mass is 206 g/mol. The third-order valence-corrected chi connectivity index (χ3v) is 3.10. The van der Waals surface area contributed by atoms with Crippen molar-refractivity contribution in [2.75, 3.05) is 12.8 Å². The number of nitrogens with zero attached hydrogens (tertiary/aromatic N) is 1. The van der Waals surface area contributed by atoms with E-state index >= 15 is 0 Å². The molecule has 13 heavy (non-hydrogen) atoms. The highest BCUT2D eigenvalue weighted by atomic mass is 32.2. The standard InChI is InChI=1S/C6H10N2O4S/c1-6(10,13(2,11)12)5(9)8-4-3-7/h10H,4H2,1-2H3,(H,8,9). The van der Waals surface area contributed by atoms with Crippen LogP contribution in [0.5, 0.6) is 0 Å². The Morgan fingerprint density at radius 1 is 1.69 bits per heavy atom. The maximum absolute atomic E-state index is 11.0. The number of rotatable bonds is 3. The molecule has 0 aliphatic heterocycles. The minimum Gasteiger partial charge on any atom is -0.367 e. The van der Waals surface area contributed by atoms with Gasteiger partial charge in [-0.15, -0.1) is 0 Å². The molecule has 0 aliphatic carbocycles. The van der Waals surface area contributed by atoms with E-state index in [4.69, 9.17) is 5.26 Å². The Kier molecular flexibility index (Phi) is 3.40. The molecule has 6 nitrogen and oxygen atoms in total. The maximum atomic E-state index is 11.0. The van der Waals surface area contributed by atoms with E-state index in [9.17, 15) is 18.3 Å². The first-order valence-corrected chi connectivity index (χ1v) is 5.20. The fourth-order valence-electron chi connectivity index (χ4n) is 0.452. The number of sulfone groups is 1. The maximum Gasteiger partial charge on any atom is 0.268 e. The van der Waals surface area contributed by atoms with Gasteiger partial charge in [-0.1, -0.05) is 0 Å². The zero-order valence-corrected chi connectivity index (χ0v) is 8.05. The third-order valence-electron chi connectivity index (χ3n) is 1.47. The van der Waals surface area contributed by atoms with Crippen LogP contribution < -0.4 is 5.32 Å². The smallest absolute Gasteiger partial charge is 0.268 e. The second-order valence-corrected chi connectivity index (χ2v) is 4.94. The molecule has 0 aromatic carbocycles. The predicted octanol–water partition coefficient (Wildman–Crippen LogP) is -1.62. The zero-order valence-electron chi connectivity index (χ0n) is 7.23. The Balaban J connectivity index is 4.68. The van der Waals surface area contributed by atoms with Gasteiger partial charge in [0, 0.05) is 6.26 Å². The van der Waals surface area contributed by atoms with E-state index < -0.39 is 20.7 Å². The molecule has 0 spiro atoms. The number of carbonyl (C=O) groups is 1. The number of hydrogen-bond acceptors (Lipinski definition) is 5. The van der Waals surface area contributed by atoms with Crippen LogP contribution in [0.1, 0.15) is 6.92 Å². The van der Waals surface area contributed by atoms with Gasteiger partial charge in [0.15, 0.2) is 9.84 Å². The molecule has 0 rings (SSSR count). The van der Waals surface area contributed by atoms with E-state index in [1.165, 1.54) is 0 Å². The first kappa shape index (κ1) is 11.9. The summed E-state index contributed by atoms with van der Waals surface area (Å²) in [6, 6.07) is 1.58. The molecular formula is C6H10N2O4S. The number of nitriles is 1. The van der Waals surface area contributed by atoms with Crippen LogP contribution in [0.4, 0.5) is 0 Å². The Morgan fingerprint density at radius 3 is 2.46 bits per heavy atom.